The van der Waals surface area contributed by atoms with Crippen LogP contribution in [0.3, 0.4) is 0 Å². The number of ether oxygens (including phenoxy) is 1. The minimum Gasteiger partial charge on any atom is -0.463 e. The molecule has 25 heavy (non-hydrogen) atoms. The molecule has 0 N–H and O–H groups in total. The molecule has 0 saturated carbocycles. The van der Waals surface area contributed by atoms with Gasteiger partial charge in [-0.05, 0) is 41.8 Å². The minimum absolute atomic E-state index is 0.158. The van der Waals surface area contributed by atoms with Gasteiger partial charge >= 0.3 is 0 Å². The summed E-state index contributed by atoms with van der Waals surface area (Å²) >= 11 is 5.30. The third-order valence-corrected chi connectivity index (χ3v) is 5.91. The number of rotatable bonds is 2. The van der Waals surface area contributed by atoms with Crippen LogP contribution in [0.25, 0.3) is 0 Å². The lowest BCUT2D eigenvalue weighted by molar-refractivity contribution is -0.0218. The van der Waals surface area contributed by atoms with E-state index in [4.69, 9.17) is 9.84 Å². The molecule has 0 spiro atoms. The van der Waals surface area contributed by atoms with Gasteiger partial charge in [0.05, 0.1) is 16.6 Å². The molecular formula is C19H14BrN3OS. The van der Waals surface area contributed by atoms with Crippen LogP contribution < -0.4 is 4.74 Å². The van der Waals surface area contributed by atoms with Crippen LogP contribution in [0.4, 0.5) is 0 Å². The zero-order valence-corrected chi connectivity index (χ0v) is 15.6. The van der Waals surface area contributed by atoms with Gasteiger partial charge in [0.25, 0.3) is 0 Å². The van der Waals surface area contributed by atoms with E-state index >= 15 is 0 Å². The van der Waals surface area contributed by atoms with Crippen molar-refractivity contribution in [2.24, 2.45) is 5.10 Å². The van der Waals surface area contributed by atoms with E-state index < -0.39 is 0 Å². The summed E-state index contributed by atoms with van der Waals surface area (Å²) in [5.74, 6) is 0.905. The summed E-state index contributed by atoms with van der Waals surface area (Å²) in [7, 11) is 0. The van der Waals surface area contributed by atoms with Crippen molar-refractivity contribution in [3.8, 4) is 5.75 Å². The number of hydrogen-bond donors (Lipinski definition) is 0. The highest BCUT2D eigenvalue weighted by Gasteiger charge is 2.41. The third kappa shape index (κ3) is 2.56. The van der Waals surface area contributed by atoms with Gasteiger partial charge in [-0.3, -0.25) is 4.98 Å². The van der Waals surface area contributed by atoms with Crippen LogP contribution in [0.2, 0.25) is 0 Å². The van der Waals surface area contributed by atoms with Crippen molar-refractivity contribution < 1.29 is 4.74 Å². The van der Waals surface area contributed by atoms with Crippen LogP contribution >= 0.6 is 27.3 Å². The maximum Gasteiger partial charge on any atom is 0.230 e. The Bertz CT molecular complexity index is 943. The predicted octanol–water partition coefficient (Wildman–Crippen LogP) is 5.15. The predicted molar refractivity (Wildman–Crippen MR) is 102 cm³/mol. The van der Waals surface area contributed by atoms with Gasteiger partial charge in [-0.25, -0.2) is 5.01 Å². The van der Waals surface area contributed by atoms with Crippen LogP contribution in [0.15, 0.2) is 69.7 Å². The summed E-state index contributed by atoms with van der Waals surface area (Å²) in [5, 5.41) is 9.07. The molecule has 4 nitrogen and oxygen atoms in total. The second-order valence-corrected chi connectivity index (χ2v) is 7.89. The molecular weight excluding hydrogens is 398 g/mol. The Hall–Kier alpha value is -2.18. The normalized spacial score (nSPS) is 21.3. The summed E-state index contributed by atoms with van der Waals surface area (Å²) in [6, 6.07) is 16.4. The van der Waals surface area contributed by atoms with Gasteiger partial charge in [-0.15, -0.1) is 11.3 Å². The van der Waals surface area contributed by atoms with Gasteiger partial charge in [-0.2, -0.15) is 5.10 Å². The Morgan fingerprint density at radius 1 is 1.16 bits per heavy atom. The van der Waals surface area contributed by atoms with Crippen LogP contribution in [0, 0.1) is 0 Å². The second-order valence-electron chi connectivity index (χ2n) is 6.03. The molecule has 0 amide bonds. The molecule has 5 rings (SSSR count). The van der Waals surface area contributed by atoms with E-state index in [2.05, 4.69) is 49.5 Å². The van der Waals surface area contributed by atoms with Crippen molar-refractivity contribution in [3.05, 3.63) is 80.7 Å². The molecule has 124 valence electrons. The first-order chi connectivity index (χ1) is 12.3. The summed E-state index contributed by atoms with van der Waals surface area (Å²) in [6.45, 7) is 0. The van der Waals surface area contributed by atoms with Gasteiger partial charge in [-0.1, -0.05) is 28.1 Å². The lowest BCUT2D eigenvalue weighted by atomic mass is 9.98. The Balaban J connectivity index is 1.62. The lowest BCUT2D eigenvalue weighted by Crippen LogP contribution is -2.34. The highest BCUT2D eigenvalue weighted by molar-refractivity contribution is 9.10. The lowest BCUT2D eigenvalue weighted by Gasteiger charge is -2.37. The molecule has 0 aliphatic carbocycles. The Kier molecular flexibility index (Phi) is 3.60. The van der Waals surface area contributed by atoms with Gasteiger partial charge in [0, 0.05) is 22.7 Å². The van der Waals surface area contributed by atoms with E-state index in [0.29, 0.717) is 0 Å². The molecule has 2 aromatic heterocycles. The van der Waals surface area contributed by atoms with Crippen LogP contribution in [0.5, 0.6) is 5.75 Å². The number of benzene rings is 1. The maximum absolute atomic E-state index is 6.29. The molecule has 0 unspecified atom stereocenters. The van der Waals surface area contributed by atoms with Crippen molar-refractivity contribution in [2.75, 3.05) is 0 Å². The molecule has 0 fully saturated rings. The van der Waals surface area contributed by atoms with Crippen molar-refractivity contribution in [1.82, 2.24) is 9.99 Å². The molecule has 6 heteroatoms. The van der Waals surface area contributed by atoms with E-state index in [9.17, 15) is 0 Å². The quantitative estimate of drug-likeness (QED) is 0.585. The average Bonchev–Trinajstić information content (AvgIpc) is 3.31. The molecule has 2 atom stereocenters. The van der Waals surface area contributed by atoms with Crippen molar-refractivity contribution in [1.29, 1.82) is 0 Å². The molecule has 0 saturated heterocycles. The Morgan fingerprint density at radius 3 is 2.92 bits per heavy atom. The molecule has 0 radical (unpaired) electrons. The smallest absolute Gasteiger partial charge is 0.230 e. The molecule has 2 aliphatic rings. The third-order valence-electron chi connectivity index (χ3n) is 4.50. The first-order valence-corrected chi connectivity index (χ1v) is 9.73. The average molecular weight is 412 g/mol. The van der Waals surface area contributed by atoms with E-state index in [1.54, 1.807) is 17.5 Å². The molecule has 1 aromatic carbocycles. The highest BCUT2D eigenvalue weighted by atomic mass is 79.9. The zero-order valence-electron chi connectivity index (χ0n) is 13.2. The van der Waals surface area contributed by atoms with E-state index in [1.807, 2.05) is 30.3 Å². The van der Waals surface area contributed by atoms with Gasteiger partial charge in [0.15, 0.2) is 0 Å². The van der Waals surface area contributed by atoms with Crippen molar-refractivity contribution in [3.63, 3.8) is 0 Å². The van der Waals surface area contributed by atoms with Crippen molar-refractivity contribution in [2.45, 2.75) is 18.7 Å². The Labute approximate surface area is 157 Å². The molecule has 4 heterocycles. The number of aromatic nitrogens is 1. The summed E-state index contributed by atoms with van der Waals surface area (Å²) < 4.78 is 7.34. The van der Waals surface area contributed by atoms with E-state index in [0.717, 1.165) is 33.6 Å². The number of hydrogen-bond acceptors (Lipinski definition) is 5. The maximum atomic E-state index is 6.29. The fraction of sp³-hybridized carbons (Fsp3) is 0.158. The molecule has 3 aromatic rings. The first-order valence-electron chi connectivity index (χ1n) is 8.06. The number of thiophene rings is 1. The minimum atomic E-state index is -0.308. The van der Waals surface area contributed by atoms with Crippen LogP contribution in [-0.4, -0.2) is 15.7 Å². The fourth-order valence-corrected chi connectivity index (χ4v) is 4.47. The standard InChI is InChI=1S/C19H14BrN3OS/c20-12-6-7-17-13(10-12)16-11-15(18-5-3-9-25-18)22-23(16)19(24-17)14-4-1-2-8-21-14/h1-10,16,19H,11H2/t16-,19-/m1/s1. The number of nitrogens with zero attached hydrogens (tertiary/aromatic N) is 3. The SMILES string of the molecule is Brc1ccc2c(c1)[C@H]1CC(c3cccs3)=NN1[C@@H](c1ccccn1)O2. The van der Waals surface area contributed by atoms with Gasteiger partial charge in [0.2, 0.25) is 6.23 Å². The summed E-state index contributed by atoms with van der Waals surface area (Å²) in [5.41, 5.74) is 3.14. The van der Waals surface area contributed by atoms with Gasteiger partial charge < -0.3 is 4.74 Å². The largest absolute Gasteiger partial charge is 0.463 e. The van der Waals surface area contributed by atoms with E-state index in [-0.39, 0.29) is 12.3 Å². The number of pyridine rings is 1. The number of halogens is 1. The topological polar surface area (TPSA) is 37.7 Å². The second kappa shape index (κ2) is 5.97. The van der Waals surface area contributed by atoms with Crippen molar-refractivity contribution >= 4 is 33.0 Å². The monoisotopic (exact) mass is 411 g/mol. The highest BCUT2D eigenvalue weighted by Crippen LogP contribution is 2.48. The first kappa shape index (κ1) is 15.1. The van der Waals surface area contributed by atoms with Gasteiger partial charge in [0.1, 0.15) is 11.4 Å². The number of fused-ring (bicyclic) bond motifs is 3. The summed E-state index contributed by atoms with van der Waals surface area (Å²) in [4.78, 5) is 5.71. The molecule has 0 bridgehead atoms. The number of hydrazone groups is 1. The zero-order chi connectivity index (χ0) is 16.8. The summed E-state index contributed by atoms with van der Waals surface area (Å²) in [6.07, 6.45) is 2.36. The van der Waals surface area contributed by atoms with Crippen LogP contribution in [-0.2, 0) is 0 Å². The van der Waals surface area contributed by atoms with E-state index in [1.165, 1.54) is 4.88 Å². The Morgan fingerprint density at radius 2 is 2.12 bits per heavy atom. The molecule has 2 aliphatic heterocycles. The van der Waals surface area contributed by atoms with Crippen LogP contribution in [0.1, 0.15) is 34.8 Å². The fourth-order valence-electron chi connectivity index (χ4n) is 3.37.